The van der Waals surface area contributed by atoms with Gasteiger partial charge in [-0.3, -0.25) is 4.79 Å². The van der Waals surface area contributed by atoms with Crippen molar-refractivity contribution in [2.45, 2.75) is 33.6 Å². The summed E-state index contributed by atoms with van der Waals surface area (Å²) in [5, 5.41) is 0. The molecule has 1 unspecified atom stereocenters. The number of hydrogen-bond acceptors (Lipinski definition) is 2. The van der Waals surface area contributed by atoms with Crippen LogP contribution in [0.4, 0.5) is 0 Å². The number of Topliss-reactive ketones (excluding diaryl/α,β-unsaturated/α-hetero) is 1. The fourth-order valence-corrected chi connectivity index (χ4v) is 2.57. The van der Waals surface area contributed by atoms with Gasteiger partial charge in [0.2, 0.25) is 0 Å². The molecule has 1 aromatic rings. The Morgan fingerprint density at radius 1 is 1.50 bits per heavy atom. The van der Waals surface area contributed by atoms with Crippen molar-refractivity contribution in [2.24, 2.45) is 11.3 Å². The summed E-state index contributed by atoms with van der Waals surface area (Å²) in [5.41, 5.74) is 1.05. The minimum absolute atomic E-state index is 0.136. The maximum Gasteiger partial charge on any atom is 0.159 e. The first-order valence-corrected chi connectivity index (χ1v) is 5.76. The van der Waals surface area contributed by atoms with E-state index in [0.29, 0.717) is 12.3 Å². The lowest BCUT2D eigenvalue weighted by Gasteiger charge is -2.34. The van der Waals surface area contributed by atoms with Crippen molar-refractivity contribution in [1.82, 2.24) is 0 Å². The van der Waals surface area contributed by atoms with Crippen molar-refractivity contribution in [1.29, 1.82) is 0 Å². The Morgan fingerprint density at radius 2 is 2.25 bits per heavy atom. The van der Waals surface area contributed by atoms with Crippen LogP contribution < -0.4 is 0 Å². The zero-order valence-electron chi connectivity index (χ0n) is 10.1. The van der Waals surface area contributed by atoms with E-state index < -0.39 is 0 Å². The summed E-state index contributed by atoms with van der Waals surface area (Å²) in [5.74, 6) is 1.36. The number of allylic oxidation sites excluding steroid dienone is 1. The average Bonchev–Trinajstić information content (AvgIpc) is 2.62. The lowest BCUT2D eigenvalue weighted by molar-refractivity contribution is -0.119. The third-order valence-electron chi connectivity index (χ3n) is 3.19. The van der Waals surface area contributed by atoms with Gasteiger partial charge in [-0.25, -0.2) is 0 Å². The standard InChI is InChI=1S/C14H18O2/c1-10-8-14(2,3)9-13(15)12(10)7-11-5-4-6-16-11/h4-7,10H,8-9H2,1-3H3. The zero-order valence-corrected chi connectivity index (χ0v) is 10.1. The maximum atomic E-state index is 12.0. The van der Waals surface area contributed by atoms with Crippen molar-refractivity contribution < 1.29 is 9.21 Å². The average molecular weight is 218 g/mol. The molecular formula is C14H18O2. The quantitative estimate of drug-likeness (QED) is 0.673. The van der Waals surface area contributed by atoms with Crippen molar-refractivity contribution in [3.8, 4) is 0 Å². The van der Waals surface area contributed by atoms with Crippen LogP contribution in [0.5, 0.6) is 0 Å². The molecule has 2 rings (SSSR count). The molecule has 0 N–H and O–H groups in total. The highest BCUT2D eigenvalue weighted by molar-refractivity contribution is 6.00. The first-order chi connectivity index (χ1) is 7.48. The third kappa shape index (κ3) is 2.26. The smallest absolute Gasteiger partial charge is 0.159 e. The second-order valence-corrected chi connectivity index (χ2v) is 5.48. The number of furan rings is 1. The van der Waals surface area contributed by atoms with Crippen LogP contribution in [-0.4, -0.2) is 5.78 Å². The maximum absolute atomic E-state index is 12.0. The van der Waals surface area contributed by atoms with Gasteiger partial charge in [0, 0.05) is 12.0 Å². The van der Waals surface area contributed by atoms with E-state index in [1.165, 1.54) is 0 Å². The number of carbonyl (C=O) groups is 1. The van der Waals surface area contributed by atoms with Crippen LogP contribution in [0.25, 0.3) is 6.08 Å². The van der Waals surface area contributed by atoms with E-state index in [0.717, 1.165) is 17.8 Å². The van der Waals surface area contributed by atoms with E-state index in [4.69, 9.17) is 4.42 Å². The first-order valence-electron chi connectivity index (χ1n) is 5.76. The van der Waals surface area contributed by atoms with Crippen LogP contribution in [0.2, 0.25) is 0 Å². The van der Waals surface area contributed by atoms with Crippen LogP contribution in [0.15, 0.2) is 28.4 Å². The summed E-state index contributed by atoms with van der Waals surface area (Å²) in [6.45, 7) is 6.43. The fourth-order valence-electron chi connectivity index (χ4n) is 2.57. The number of rotatable bonds is 1. The summed E-state index contributed by atoms with van der Waals surface area (Å²) in [7, 11) is 0. The molecule has 0 radical (unpaired) electrons. The largest absolute Gasteiger partial charge is 0.465 e. The summed E-state index contributed by atoms with van der Waals surface area (Å²) in [6, 6.07) is 3.72. The Morgan fingerprint density at radius 3 is 2.81 bits per heavy atom. The Bertz CT molecular complexity index is 410. The third-order valence-corrected chi connectivity index (χ3v) is 3.19. The highest BCUT2D eigenvalue weighted by Gasteiger charge is 2.34. The molecule has 0 aromatic carbocycles. The topological polar surface area (TPSA) is 30.2 Å². The highest BCUT2D eigenvalue weighted by atomic mass is 16.3. The molecule has 1 aliphatic rings. The molecule has 1 saturated carbocycles. The summed E-state index contributed by atoms with van der Waals surface area (Å²) in [4.78, 5) is 12.0. The van der Waals surface area contributed by atoms with Gasteiger partial charge in [0.25, 0.3) is 0 Å². The van der Waals surface area contributed by atoms with Gasteiger partial charge < -0.3 is 4.42 Å². The normalized spacial score (nSPS) is 27.3. The molecule has 0 spiro atoms. The minimum atomic E-state index is 0.136. The molecule has 0 amide bonds. The molecule has 1 atom stereocenters. The van der Waals surface area contributed by atoms with Gasteiger partial charge >= 0.3 is 0 Å². The van der Waals surface area contributed by atoms with E-state index in [1.54, 1.807) is 6.26 Å². The Kier molecular flexibility index (Phi) is 2.75. The van der Waals surface area contributed by atoms with Crippen LogP contribution in [0.3, 0.4) is 0 Å². The van der Waals surface area contributed by atoms with Gasteiger partial charge in [0.1, 0.15) is 5.76 Å². The van der Waals surface area contributed by atoms with Crippen molar-refractivity contribution in [3.05, 3.63) is 29.7 Å². The van der Waals surface area contributed by atoms with Gasteiger partial charge in [0.15, 0.2) is 5.78 Å². The van der Waals surface area contributed by atoms with Gasteiger partial charge in [-0.1, -0.05) is 20.8 Å². The molecule has 0 saturated heterocycles. The zero-order chi connectivity index (χ0) is 11.8. The molecule has 1 heterocycles. The SMILES string of the molecule is CC1CC(C)(C)CC(=O)C1=Cc1ccco1. The molecule has 0 aliphatic heterocycles. The second-order valence-electron chi connectivity index (χ2n) is 5.48. The van der Waals surface area contributed by atoms with Gasteiger partial charge in [-0.2, -0.15) is 0 Å². The molecule has 1 aromatic heterocycles. The summed E-state index contributed by atoms with van der Waals surface area (Å²) >= 11 is 0. The Balaban J connectivity index is 2.26. The highest BCUT2D eigenvalue weighted by Crippen LogP contribution is 2.39. The Hall–Kier alpha value is -1.31. The molecule has 86 valence electrons. The predicted molar refractivity (Wildman–Crippen MR) is 63.9 cm³/mol. The molecule has 1 fully saturated rings. The molecule has 2 nitrogen and oxygen atoms in total. The van der Waals surface area contributed by atoms with Crippen molar-refractivity contribution in [2.75, 3.05) is 0 Å². The van der Waals surface area contributed by atoms with Crippen LogP contribution in [-0.2, 0) is 4.79 Å². The second kappa shape index (κ2) is 3.93. The van der Waals surface area contributed by atoms with E-state index in [-0.39, 0.29) is 11.2 Å². The number of ketones is 1. The van der Waals surface area contributed by atoms with Crippen molar-refractivity contribution >= 4 is 11.9 Å². The lowest BCUT2D eigenvalue weighted by Crippen LogP contribution is -2.29. The fraction of sp³-hybridized carbons (Fsp3) is 0.500. The first kappa shape index (κ1) is 11.2. The predicted octanol–water partition coefficient (Wildman–Crippen LogP) is 3.69. The molecular weight excluding hydrogens is 200 g/mol. The molecule has 16 heavy (non-hydrogen) atoms. The van der Waals surface area contributed by atoms with Crippen LogP contribution in [0.1, 0.15) is 39.4 Å². The molecule has 1 aliphatic carbocycles. The van der Waals surface area contributed by atoms with Gasteiger partial charge in [-0.15, -0.1) is 0 Å². The Labute approximate surface area is 96.3 Å². The number of hydrogen-bond donors (Lipinski definition) is 0. The minimum Gasteiger partial charge on any atom is -0.465 e. The van der Waals surface area contributed by atoms with Crippen molar-refractivity contribution in [3.63, 3.8) is 0 Å². The summed E-state index contributed by atoms with van der Waals surface area (Å²) < 4.78 is 5.26. The molecule has 2 heteroatoms. The summed E-state index contributed by atoms with van der Waals surface area (Å²) in [6.07, 6.45) is 5.23. The van der Waals surface area contributed by atoms with Gasteiger partial charge in [-0.05, 0) is 36.0 Å². The van der Waals surface area contributed by atoms with E-state index in [9.17, 15) is 4.79 Å². The van der Waals surface area contributed by atoms with Crippen LogP contribution >= 0.6 is 0 Å². The van der Waals surface area contributed by atoms with Gasteiger partial charge in [0.05, 0.1) is 6.26 Å². The van der Waals surface area contributed by atoms with E-state index >= 15 is 0 Å². The van der Waals surface area contributed by atoms with Crippen LogP contribution in [0, 0.1) is 11.3 Å². The van der Waals surface area contributed by atoms with E-state index in [1.807, 2.05) is 18.2 Å². The van der Waals surface area contributed by atoms with E-state index in [2.05, 4.69) is 20.8 Å². The number of carbonyl (C=O) groups excluding carboxylic acids is 1. The molecule has 0 bridgehead atoms. The monoisotopic (exact) mass is 218 g/mol. The lowest BCUT2D eigenvalue weighted by atomic mass is 9.70.